The van der Waals surface area contributed by atoms with E-state index < -0.39 is 24.5 Å². The van der Waals surface area contributed by atoms with Crippen molar-refractivity contribution >= 4 is 11.9 Å². The summed E-state index contributed by atoms with van der Waals surface area (Å²) in [6.45, 7) is 1.05. The van der Waals surface area contributed by atoms with Gasteiger partial charge in [0.25, 0.3) is 5.91 Å². The second-order valence-electron chi connectivity index (χ2n) is 2.98. The summed E-state index contributed by atoms with van der Waals surface area (Å²) in [4.78, 5) is 21.9. The van der Waals surface area contributed by atoms with Crippen molar-refractivity contribution in [2.45, 2.75) is 13.0 Å². The highest BCUT2D eigenvalue weighted by Crippen LogP contribution is 1.98. The molecule has 82 valence electrons. The number of amides is 1. The van der Waals surface area contributed by atoms with E-state index in [1.807, 2.05) is 0 Å². The maximum absolute atomic E-state index is 11.4. The molecule has 7 heteroatoms. The quantitative estimate of drug-likeness (QED) is 0.506. The van der Waals surface area contributed by atoms with Crippen LogP contribution in [0.3, 0.4) is 0 Å². The lowest BCUT2D eigenvalue weighted by molar-refractivity contribution is -0.140. The number of aliphatic hydroxyl groups is 1. The lowest BCUT2D eigenvalue weighted by Crippen LogP contribution is -2.43. The molecule has 0 bridgehead atoms. The Morgan fingerprint density at radius 3 is 2.73 bits per heavy atom. The average Bonchev–Trinajstić information content (AvgIpc) is 2.60. The van der Waals surface area contributed by atoms with Crippen LogP contribution in [0.1, 0.15) is 16.2 Å². The lowest BCUT2D eigenvalue weighted by atomic mass is 10.3. The van der Waals surface area contributed by atoms with Crippen LogP contribution in [0.25, 0.3) is 0 Å². The molecule has 0 radical (unpaired) electrons. The smallest absolute Gasteiger partial charge is 0.328 e. The summed E-state index contributed by atoms with van der Waals surface area (Å²) in [5.74, 6) is -1.93. The second-order valence-corrected chi connectivity index (χ2v) is 2.98. The normalized spacial score (nSPS) is 12.1. The largest absolute Gasteiger partial charge is 0.480 e. The first kappa shape index (κ1) is 11.2. The Kier molecular flexibility index (Phi) is 3.40. The van der Waals surface area contributed by atoms with Crippen LogP contribution in [0.15, 0.2) is 6.07 Å². The molecule has 7 nitrogen and oxygen atoms in total. The number of aromatic nitrogens is 2. The molecule has 0 aliphatic heterocycles. The van der Waals surface area contributed by atoms with Crippen molar-refractivity contribution < 1.29 is 19.8 Å². The Labute approximate surface area is 85.1 Å². The van der Waals surface area contributed by atoms with Crippen LogP contribution in [-0.4, -0.2) is 44.9 Å². The van der Waals surface area contributed by atoms with Gasteiger partial charge in [-0.25, -0.2) is 4.79 Å². The fourth-order valence-electron chi connectivity index (χ4n) is 0.952. The molecule has 1 aromatic heterocycles. The lowest BCUT2D eigenvalue weighted by Gasteiger charge is -2.09. The summed E-state index contributed by atoms with van der Waals surface area (Å²) in [5.41, 5.74) is 0.781. The first-order valence-corrected chi connectivity index (χ1v) is 4.21. The van der Waals surface area contributed by atoms with Crippen molar-refractivity contribution in [1.82, 2.24) is 15.5 Å². The molecule has 0 spiro atoms. The summed E-state index contributed by atoms with van der Waals surface area (Å²) < 4.78 is 0. The Morgan fingerprint density at radius 1 is 1.67 bits per heavy atom. The van der Waals surface area contributed by atoms with Gasteiger partial charge >= 0.3 is 5.97 Å². The van der Waals surface area contributed by atoms with E-state index in [4.69, 9.17) is 10.2 Å². The fraction of sp³-hybridized carbons (Fsp3) is 0.375. The van der Waals surface area contributed by atoms with Gasteiger partial charge in [-0.15, -0.1) is 0 Å². The van der Waals surface area contributed by atoms with Crippen LogP contribution in [0, 0.1) is 6.92 Å². The number of aliphatic hydroxyl groups excluding tert-OH is 1. The number of carboxylic acids is 1. The van der Waals surface area contributed by atoms with Gasteiger partial charge in [0.05, 0.1) is 6.61 Å². The van der Waals surface area contributed by atoms with E-state index in [0.717, 1.165) is 0 Å². The average molecular weight is 213 g/mol. The van der Waals surface area contributed by atoms with Crippen molar-refractivity contribution in [3.05, 3.63) is 17.5 Å². The second kappa shape index (κ2) is 4.56. The van der Waals surface area contributed by atoms with E-state index in [1.165, 1.54) is 6.07 Å². The van der Waals surface area contributed by atoms with Gasteiger partial charge in [-0.3, -0.25) is 9.89 Å². The highest BCUT2D eigenvalue weighted by atomic mass is 16.4. The molecule has 0 aliphatic carbocycles. The Bertz CT molecular complexity index is 374. The van der Waals surface area contributed by atoms with Crippen LogP contribution >= 0.6 is 0 Å². The predicted molar refractivity (Wildman–Crippen MR) is 49.3 cm³/mol. The Balaban J connectivity index is 2.66. The summed E-state index contributed by atoms with van der Waals surface area (Å²) in [6, 6.07) is 0.167. The van der Waals surface area contributed by atoms with Crippen LogP contribution in [0.2, 0.25) is 0 Å². The zero-order chi connectivity index (χ0) is 11.4. The number of H-pyrrole nitrogens is 1. The number of nitrogens with one attached hydrogen (secondary N) is 2. The van der Waals surface area contributed by atoms with Crippen LogP contribution in [-0.2, 0) is 4.79 Å². The van der Waals surface area contributed by atoms with E-state index in [1.54, 1.807) is 6.92 Å². The molecule has 0 saturated heterocycles. The number of rotatable bonds is 4. The van der Waals surface area contributed by atoms with Gasteiger partial charge in [-0.05, 0) is 13.0 Å². The summed E-state index contributed by atoms with van der Waals surface area (Å²) in [5, 5.41) is 25.6. The van der Waals surface area contributed by atoms with Gasteiger partial charge in [0, 0.05) is 5.69 Å². The fourth-order valence-corrected chi connectivity index (χ4v) is 0.952. The molecule has 1 atom stereocenters. The number of aryl methyl sites for hydroxylation is 1. The number of carbonyl (C=O) groups is 2. The standard InChI is InChI=1S/C8H11N3O4/c1-4-2-5(11-10-4)7(13)9-6(3-12)8(14)15/h2,6,12H,3H2,1H3,(H,9,13)(H,10,11)(H,14,15)/t6-/m1/s1. The van der Waals surface area contributed by atoms with Crippen LogP contribution < -0.4 is 5.32 Å². The molecule has 0 fully saturated rings. The Morgan fingerprint density at radius 2 is 2.33 bits per heavy atom. The van der Waals surface area contributed by atoms with Gasteiger partial charge in [0.15, 0.2) is 6.04 Å². The molecular weight excluding hydrogens is 202 g/mol. The minimum absolute atomic E-state index is 0.0900. The van der Waals surface area contributed by atoms with Gasteiger partial charge in [-0.1, -0.05) is 0 Å². The van der Waals surface area contributed by atoms with Crippen LogP contribution in [0.5, 0.6) is 0 Å². The molecule has 1 rings (SSSR count). The topological polar surface area (TPSA) is 115 Å². The maximum Gasteiger partial charge on any atom is 0.328 e. The van der Waals surface area contributed by atoms with Gasteiger partial charge in [0.2, 0.25) is 0 Å². The molecule has 1 amide bonds. The first-order chi connectivity index (χ1) is 7.04. The molecule has 1 heterocycles. The predicted octanol–water partition coefficient (Wildman–Crippen LogP) is -1.11. The minimum Gasteiger partial charge on any atom is -0.480 e. The summed E-state index contributed by atoms with van der Waals surface area (Å²) >= 11 is 0. The number of aromatic amines is 1. The highest BCUT2D eigenvalue weighted by molar-refractivity contribution is 5.95. The van der Waals surface area contributed by atoms with Crippen molar-refractivity contribution in [3.8, 4) is 0 Å². The summed E-state index contributed by atoms with van der Waals surface area (Å²) in [6.07, 6.45) is 0. The molecule has 0 saturated carbocycles. The number of aliphatic carboxylic acids is 1. The molecule has 15 heavy (non-hydrogen) atoms. The zero-order valence-electron chi connectivity index (χ0n) is 8.02. The third kappa shape index (κ3) is 2.78. The molecule has 0 aliphatic rings. The molecule has 4 N–H and O–H groups in total. The number of carboxylic acid groups (broad SMARTS) is 1. The number of carbonyl (C=O) groups excluding carboxylic acids is 1. The van der Waals surface area contributed by atoms with Crippen LogP contribution in [0.4, 0.5) is 0 Å². The van der Waals surface area contributed by atoms with Gasteiger partial charge in [0.1, 0.15) is 5.69 Å². The SMILES string of the molecule is Cc1cc(C(=O)N[C@H](CO)C(=O)O)n[nH]1. The van der Waals surface area contributed by atoms with E-state index in [0.29, 0.717) is 5.69 Å². The van der Waals surface area contributed by atoms with E-state index >= 15 is 0 Å². The molecule has 1 aromatic rings. The summed E-state index contributed by atoms with van der Waals surface area (Å²) in [7, 11) is 0. The third-order valence-corrected chi connectivity index (χ3v) is 1.72. The molecule has 0 unspecified atom stereocenters. The van der Waals surface area contributed by atoms with Gasteiger partial charge in [-0.2, -0.15) is 5.10 Å². The number of nitrogens with zero attached hydrogens (tertiary/aromatic N) is 1. The number of hydrogen-bond donors (Lipinski definition) is 4. The van der Waals surface area contributed by atoms with E-state index in [2.05, 4.69) is 15.5 Å². The molecular formula is C8H11N3O4. The van der Waals surface area contributed by atoms with Crippen molar-refractivity contribution in [1.29, 1.82) is 0 Å². The zero-order valence-corrected chi connectivity index (χ0v) is 8.02. The minimum atomic E-state index is -1.31. The van der Waals surface area contributed by atoms with Crippen molar-refractivity contribution in [2.75, 3.05) is 6.61 Å². The monoisotopic (exact) mass is 213 g/mol. The van der Waals surface area contributed by atoms with E-state index in [-0.39, 0.29) is 5.69 Å². The van der Waals surface area contributed by atoms with E-state index in [9.17, 15) is 9.59 Å². The number of hydrogen-bond acceptors (Lipinski definition) is 4. The Hall–Kier alpha value is -1.89. The molecule has 0 aromatic carbocycles. The van der Waals surface area contributed by atoms with Crippen molar-refractivity contribution in [3.63, 3.8) is 0 Å². The highest BCUT2D eigenvalue weighted by Gasteiger charge is 2.20. The van der Waals surface area contributed by atoms with Gasteiger partial charge < -0.3 is 15.5 Å². The third-order valence-electron chi connectivity index (χ3n) is 1.72. The maximum atomic E-state index is 11.4. The first-order valence-electron chi connectivity index (χ1n) is 4.21. The van der Waals surface area contributed by atoms with Crippen molar-refractivity contribution in [2.24, 2.45) is 0 Å².